The van der Waals surface area contributed by atoms with Gasteiger partial charge in [-0.2, -0.15) is 0 Å². The molecule has 1 N–H and O–H groups in total. The number of ether oxygens (including phenoxy) is 1. The Balaban J connectivity index is 0.000000291. The van der Waals surface area contributed by atoms with Gasteiger partial charge in [0.2, 0.25) is 0 Å². The van der Waals surface area contributed by atoms with Gasteiger partial charge < -0.3 is 9.84 Å². The van der Waals surface area contributed by atoms with Crippen molar-refractivity contribution >= 4 is 58.3 Å². The number of rotatable bonds is 6. The third-order valence-corrected chi connectivity index (χ3v) is 5.25. The summed E-state index contributed by atoms with van der Waals surface area (Å²) in [5, 5.41) is 10.8. The van der Waals surface area contributed by atoms with Crippen LogP contribution >= 0.6 is 46.4 Å². The highest BCUT2D eigenvalue weighted by molar-refractivity contribution is 6.35. The first-order valence-electron chi connectivity index (χ1n) is 8.85. The highest BCUT2D eigenvalue weighted by Gasteiger charge is 2.13. The highest BCUT2D eigenvalue weighted by Crippen LogP contribution is 2.27. The molecule has 0 aliphatic carbocycles. The zero-order valence-corrected chi connectivity index (χ0v) is 19.3. The van der Waals surface area contributed by atoms with Crippen LogP contribution in [0.5, 0.6) is 0 Å². The number of carbonyl (C=O) groups is 2. The number of carbonyl (C=O) groups excluding carboxylic acids is 1. The van der Waals surface area contributed by atoms with Gasteiger partial charge in [-0.3, -0.25) is 9.59 Å². The zero-order chi connectivity index (χ0) is 22.1. The molecule has 0 saturated heterocycles. The Bertz CT molecular complexity index is 881. The number of methoxy groups -OCH3 is 1. The largest absolute Gasteiger partial charge is 0.481 e. The van der Waals surface area contributed by atoms with Crippen LogP contribution < -0.4 is 0 Å². The van der Waals surface area contributed by atoms with Gasteiger partial charge in [0.1, 0.15) is 0 Å². The van der Waals surface area contributed by atoms with E-state index in [0.29, 0.717) is 25.7 Å². The molecule has 0 heterocycles. The van der Waals surface area contributed by atoms with E-state index in [1.807, 2.05) is 19.9 Å². The van der Waals surface area contributed by atoms with Crippen molar-refractivity contribution in [2.75, 3.05) is 7.11 Å². The highest BCUT2D eigenvalue weighted by atomic mass is 35.5. The first-order valence-corrected chi connectivity index (χ1v) is 10.4. The molecule has 0 amide bonds. The van der Waals surface area contributed by atoms with Gasteiger partial charge in [-0.1, -0.05) is 60.3 Å². The maximum atomic E-state index is 11.2. The molecule has 0 aliphatic heterocycles. The van der Waals surface area contributed by atoms with Crippen molar-refractivity contribution in [3.63, 3.8) is 0 Å². The lowest BCUT2D eigenvalue weighted by Gasteiger charge is -2.09. The molecular weight excluding hydrogens is 458 g/mol. The van der Waals surface area contributed by atoms with Gasteiger partial charge >= 0.3 is 11.9 Å². The van der Waals surface area contributed by atoms with Crippen molar-refractivity contribution in [3.8, 4) is 0 Å². The predicted molar refractivity (Wildman–Crippen MR) is 119 cm³/mol. The second kappa shape index (κ2) is 12.3. The number of benzene rings is 2. The Labute approximate surface area is 190 Å². The van der Waals surface area contributed by atoms with Crippen LogP contribution in [0.2, 0.25) is 20.1 Å². The summed E-state index contributed by atoms with van der Waals surface area (Å²) in [6.45, 7) is 3.93. The zero-order valence-electron chi connectivity index (χ0n) is 16.3. The van der Waals surface area contributed by atoms with E-state index in [-0.39, 0.29) is 18.8 Å². The van der Waals surface area contributed by atoms with Crippen molar-refractivity contribution in [3.05, 3.63) is 66.6 Å². The predicted octanol–water partition coefficient (Wildman–Crippen LogP) is 6.45. The van der Waals surface area contributed by atoms with E-state index in [2.05, 4.69) is 4.74 Å². The fourth-order valence-corrected chi connectivity index (χ4v) is 3.91. The fraction of sp³-hybridized carbons (Fsp3) is 0.333. The number of aryl methyl sites for hydroxylation is 2. The van der Waals surface area contributed by atoms with Gasteiger partial charge in [0.25, 0.3) is 0 Å². The molecule has 4 nitrogen and oxygen atoms in total. The molecule has 0 unspecified atom stereocenters. The van der Waals surface area contributed by atoms with Crippen LogP contribution in [0.1, 0.15) is 36.1 Å². The third kappa shape index (κ3) is 8.06. The van der Waals surface area contributed by atoms with Crippen LogP contribution in [0.4, 0.5) is 0 Å². The van der Waals surface area contributed by atoms with Crippen LogP contribution in [0.3, 0.4) is 0 Å². The molecule has 0 atom stereocenters. The number of esters is 1. The second-order valence-electron chi connectivity index (χ2n) is 6.08. The number of hydrogen-bond acceptors (Lipinski definition) is 3. The molecule has 0 saturated carbocycles. The Morgan fingerprint density at radius 1 is 0.828 bits per heavy atom. The molecule has 0 bridgehead atoms. The SMILES string of the molecule is CCc1cc(Cl)cc(Cl)c1CC(=O)O.CCc1cc(Cl)cc(Cl)c1CC(=O)OC. The van der Waals surface area contributed by atoms with Crippen LogP contribution in [-0.4, -0.2) is 24.2 Å². The summed E-state index contributed by atoms with van der Waals surface area (Å²) in [5.74, 6) is -1.18. The Morgan fingerprint density at radius 2 is 1.24 bits per heavy atom. The van der Waals surface area contributed by atoms with Crippen molar-refractivity contribution in [2.45, 2.75) is 39.5 Å². The summed E-state index contributed by atoms with van der Waals surface area (Å²) >= 11 is 23.6. The lowest BCUT2D eigenvalue weighted by Crippen LogP contribution is -2.07. The fourth-order valence-electron chi connectivity index (χ4n) is 2.71. The summed E-state index contributed by atoms with van der Waals surface area (Å²) in [6.07, 6.45) is 1.64. The van der Waals surface area contributed by atoms with Gasteiger partial charge in [0.15, 0.2) is 0 Å². The lowest BCUT2D eigenvalue weighted by molar-refractivity contribution is -0.140. The molecule has 8 heteroatoms. The summed E-state index contributed by atoms with van der Waals surface area (Å²) in [5.41, 5.74) is 3.34. The molecule has 0 fully saturated rings. The second-order valence-corrected chi connectivity index (χ2v) is 7.77. The van der Waals surface area contributed by atoms with Gasteiger partial charge in [0, 0.05) is 20.1 Å². The molecule has 2 aromatic rings. The summed E-state index contributed by atoms with van der Waals surface area (Å²) in [6, 6.07) is 6.79. The van der Waals surface area contributed by atoms with Crippen molar-refractivity contribution in [2.24, 2.45) is 0 Å². The average molecular weight is 480 g/mol. The van der Waals surface area contributed by atoms with E-state index in [1.54, 1.807) is 18.2 Å². The maximum absolute atomic E-state index is 11.2. The molecule has 0 spiro atoms. The average Bonchev–Trinajstić information content (AvgIpc) is 2.65. The van der Waals surface area contributed by atoms with E-state index in [4.69, 9.17) is 51.5 Å². The Kier molecular flexibility index (Phi) is 10.8. The minimum absolute atomic E-state index is 0.0564. The normalized spacial score (nSPS) is 10.2. The van der Waals surface area contributed by atoms with Crippen LogP contribution in [0.15, 0.2) is 24.3 Å². The van der Waals surface area contributed by atoms with E-state index in [9.17, 15) is 9.59 Å². The molecular formula is C21H22Cl4O4. The minimum atomic E-state index is -0.885. The van der Waals surface area contributed by atoms with Crippen molar-refractivity contribution in [1.82, 2.24) is 0 Å². The molecule has 2 aromatic carbocycles. The van der Waals surface area contributed by atoms with Crippen LogP contribution in [0, 0.1) is 0 Å². The van der Waals surface area contributed by atoms with Gasteiger partial charge in [0.05, 0.1) is 20.0 Å². The monoisotopic (exact) mass is 478 g/mol. The molecule has 0 aliphatic rings. The topological polar surface area (TPSA) is 63.6 Å². The smallest absolute Gasteiger partial charge is 0.310 e. The molecule has 158 valence electrons. The number of carboxylic acids is 1. The van der Waals surface area contributed by atoms with E-state index >= 15 is 0 Å². The number of carboxylic acid groups (broad SMARTS) is 1. The summed E-state index contributed by atoms with van der Waals surface area (Å²) in [4.78, 5) is 21.8. The number of halogens is 4. The number of hydrogen-bond donors (Lipinski definition) is 1. The van der Waals surface area contributed by atoms with Gasteiger partial charge in [-0.15, -0.1) is 0 Å². The van der Waals surface area contributed by atoms with E-state index in [0.717, 1.165) is 29.5 Å². The third-order valence-electron chi connectivity index (χ3n) is 4.14. The van der Waals surface area contributed by atoms with E-state index < -0.39 is 5.97 Å². The summed E-state index contributed by atoms with van der Waals surface area (Å²) < 4.78 is 4.61. The van der Waals surface area contributed by atoms with Gasteiger partial charge in [-0.25, -0.2) is 0 Å². The number of aliphatic carboxylic acids is 1. The van der Waals surface area contributed by atoms with Gasteiger partial charge in [-0.05, 0) is 59.4 Å². The van der Waals surface area contributed by atoms with Crippen molar-refractivity contribution in [1.29, 1.82) is 0 Å². The maximum Gasteiger partial charge on any atom is 0.310 e. The first kappa shape index (κ1) is 25.6. The molecule has 29 heavy (non-hydrogen) atoms. The molecule has 0 aromatic heterocycles. The first-order chi connectivity index (χ1) is 13.6. The van der Waals surface area contributed by atoms with Crippen LogP contribution in [0.25, 0.3) is 0 Å². The summed E-state index contributed by atoms with van der Waals surface area (Å²) in [7, 11) is 1.36. The lowest BCUT2D eigenvalue weighted by atomic mass is 10.0. The molecule has 0 radical (unpaired) electrons. The van der Waals surface area contributed by atoms with E-state index in [1.165, 1.54) is 7.11 Å². The Hall–Kier alpha value is -1.46. The Morgan fingerprint density at radius 3 is 1.59 bits per heavy atom. The minimum Gasteiger partial charge on any atom is -0.481 e. The molecule has 2 rings (SSSR count). The standard InChI is InChI=1S/C11H12Cl2O2.C10H10Cl2O2/c1-3-7-4-8(12)5-10(13)9(7)6-11(14)15-2;1-2-6-3-7(11)4-9(12)8(6)5-10(13)14/h4-5H,3,6H2,1-2H3;3-4H,2,5H2,1H3,(H,13,14). The quantitative estimate of drug-likeness (QED) is 0.483. The van der Waals surface area contributed by atoms with Crippen LogP contribution in [-0.2, 0) is 40.0 Å². The van der Waals surface area contributed by atoms with Crippen molar-refractivity contribution < 1.29 is 19.4 Å².